The van der Waals surface area contributed by atoms with Crippen LogP contribution in [0.25, 0.3) is 0 Å². The molecule has 1 atom stereocenters. The van der Waals surface area contributed by atoms with Gasteiger partial charge in [-0.15, -0.1) is 11.3 Å². The fraction of sp³-hybridized carbons (Fsp3) is 0.292. The van der Waals surface area contributed by atoms with Crippen LogP contribution >= 0.6 is 11.3 Å². The monoisotopic (exact) mass is 499 g/mol. The van der Waals surface area contributed by atoms with E-state index in [1.807, 2.05) is 37.3 Å². The first-order chi connectivity index (χ1) is 16.3. The highest BCUT2D eigenvalue weighted by molar-refractivity contribution is 7.89. The molecule has 1 aliphatic rings. The Labute approximate surface area is 202 Å². The predicted octanol–water partition coefficient (Wildman–Crippen LogP) is 4.03. The molecule has 0 unspecified atom stereocenters. The van der Waals surface area contributed by atoms with Gasteiger partial charge in [-0.3, -0.25) is 14.5 Å². The van der Waals surface area contributed by atoms with Crippen LogP contribution in [0.15, 0.2) is 64.9 Å². The summed E-state index contributed by atoms with van der Waals surface area (Å²) in [6.45, 7) is 3.50. The number of aryl methyl sites for hydroxylation is 1. The van der Waals surface area contributed by atoms with Crippen LogP contribution in [0.3, 0.4) is 0 Å². The zero-order valence-electron chi connectivity index (χ0n) is 18.9. The summed E-state index contributed by atoms with van der Waals surface area (Å²) in [4.78, 5) is 31.1. The fourth-order valence-corrected chi connectivity index (χ4v) is 6.34. The second-order valence-corrected chi connectivity index (χ2v) is 10.7. The highest BCUT2D eigenvalue weighted by Gasteiger charge is 2.40. The lowest BCUT2D eigenvalue weighted by atomic mass is 10.2. The number of anilines is 2. The largest absolute Gasteiger partial charge is 0.458 e. The van der Waals surface area contributed by atoms with Gasteiger partial charge < -0.3 is 4.74 Å². The van der Waals surface area contributed by atoms with Gasteiger partial charge in [0.15, 0.2) is 5.13 Å². The van der Waals surface area contributed by atoms with Gasteiger partial charge in [0.1, 0.15) is 12.6 Å². The van der Waals surface area contributed by atoms with Crippen molar-refractivity contribution in [2.45, 2.75) is 44.2 Å². The van der Waals surface area contributed by atoms with E-state index in [1.165, 1.54) is 27.5 Å². The number of para-hydroxylation sites is 1. The zero-order chi connectivity index (χ0) is 24.3. The molecule has 0 N–H and O–H groups in total. The SMILES string of the molecule is CC(=O)N(c1ccccc1)c1nc(COC(=O)[C@@H]2CCCN2S(=O)(=O)c2ccc(C)cc2)cs1. The number of hydrogen-bond donors (Lipinski definition) is 0. The van der Waals surface area contributed by atoms with Crippen molar-refractivity contribution in [3.05, 3.63) is 71.2 Å². The molecule has 2 aromatic carbocycles. The number of amides is 1. The van der Waals surface area contributed by atoms with Gasteiger partial charge in [-0.05, 0) is 44.0 Å². The minimum absolute atomic E-state index is 0.106. The van der Waals surface area contributed by atoms with E-state index in [2.05, 4.69) is 4.98 Å². The lowest BCUT2D eigenvalue weighted by Crippen LogP contribution is -2.41. The van der Waals surface area contributed by atoms with E-state index in [0.717, 1.165) is 5.56 Å². The van der Waals surface area contributed by atoms with Gasteiger partial charge in [0.25, 0.3) is 0 Å². The molecule has 2 heterocycles. The van der Waals surface area contributed by atoms with Crippen molar-refractivity contribution in [3.8, 4) is 0 Å². The molecule has 1 amide bonds. The van der Waals surface area contributed by atoms with E-state index in [-0.39, 0.29) is 24.0 Å². The molecule has 1 aliphatic heterocycles. The smallest absolute Gasteiger partial charge is 0.324 e. The molecule has 1 aromatic heterocycles. The van der Waals surface area contributed by atoms with E-state index in [9.17, 15) is 18.0 Å². The van der Waals surface area contributed by atoms with Crippen molar-refractivity contribution in [1.82, 2.24) is 9.29 Å². The van der Waals surface area contributed by atoms with E-state index >= 15 is 0 Å². The fourth-order valence-electron chi connectivity index (χ4n) is 3.82. The lowest BCUT2D eigenvalue weighted by molar-refractivity contribution is -0.148. The minimum Gasteiger partial charge on any atom is -0.458 e. The number of benzene rings is 2. The van der Waals surface area contributed by atoms with E-state index in [1.54, 1.807) is 29.6 Å². The van der Waals surface area contributed by atoms with Gasteiger partial charge in [0.05, 0.1) is 16.3 Å². The summed E-state index contributed by atoms with van der Waals surface area (Å²) in [6, 6.07) is 14.8. The van der Waals surface area contributed by atoms with Crippen LogP contribution in [0.2, 0.25) is 0 Å². The number of nitrogens with zero attached hydrogens (tertiary/aromatic N) is 3. The Morgan fingerprint density at radius 2 is 1.85 bits per heavy atom. The summed E-state index contributed by atoms with van der Waals surface area (Å²) in [5.41, 5.74) is 2.13. The van der Waals surface area contributed by atoms with Crippen LogP contribution in [-0.4, -0.2) is 42.2 Å². The zero-order valence-corrected chi connectivity index (χ0v) is 20.5. The second kappa shape index (κ2) is 10.0. The average molecular weight is 500 g/mol. The summed E-state index contributed by atoms with van der Waals surface area (Å²) in [5, 5.41) is 2.19. The topological polar surface area (TPSA) is 96.9 Å². The Balaban J connectivity index is 1.44. The molecule has 8 nitrogen and oxygen atoms in total. The summed E-state index contributed by atoms with van der Waals surface area (Å²) in [6.07, 6.45) is 0.981. The first-order valence-electron chi connectivity index (χ1n) is 10.8. The van der Waals surface area contributed by atoms with Crippen LogP contribution in [0.1, 0.15) is 31.0 Å². The summed E-state index contributed by atoms with van der Waals surface area (Å²) < 4.78 is 32.8. The number of carbonyl (C=O) groups excluding carboxylic acids is 2. The molecule has 178 valence electrons. The number of thiazole rings is 1. The van der Waals surface area contributed by atoms with Crippen molar-refractivity contribution in [2.75, 3.05) is 11.4 Å². The molecule has 10 heteroatoms. The Morgan fingerprint density at radius 3 is 2.53 bits per heavy atom. The Bertz CT molecular complexity index is 1270. The minimum atomic E-state index is -3.81. The first-order valence-corrected chi connectivity index (χ1v) is 13.1. The predicted molar refractivity (Wildman–Crippen MR) is 129 cm³/mol. The van der Waals surface area contributed by atoms with Crippen LogP contribution in [0.4, 0.5) is 10.8 Å². The standard InChI is InChI=1S/C24H25N3O5S2/c1-17-10-12-21(13-11-17)34(30,31)26-14-6-9-22(26)23(29)32-15-19-16-33-24(25-19)27(18(2)28)20-7-4-3-5-8-20/h3-5,7-8,10-13,16,22H,6,9,14-15H2,1-2H3/t22-/m0/s1. The van der Waals surface area contributed by atoms with Crippen molar-refractivity contribution in [2.24, 2.45) is 0 Å². The molecule has 0 bridgehead atoms. The van der Waals surface area contributed by atoms with Crippen molar-refractivity contribution in [3.63, 3.8) is 0 Å². The maximum Gasteiger partial charge on any atom is 0.324 e. The molecular formula is C24H25N3O5S2. The summed E-state index contributed by atoms with van der Waals surface area (Å²) in [5.74, 6) is -0.791. The molecule has 0 radical (unpaired) electrons. The highest BCUT2D eigenvalue weighted by atomic mass is 32.2. The number of carbonyl (C=O) groups is 2. The number of aromatic nitrogens is 1. The number of ether oxygens (including phenoxy) is 1. The molecule has 0 spiro atoms. The van der Waals surface area contributed by atoms with Crippen LogP contribution in [0, 0.1) is 6.92 Å². The van der Waals surface area contributed by atoms with Gasteiger partial charge in [-0.2, -0.15) is 4.31 Å². The van der Waals surface area contributed by atoms with Crippen molar-refractivity contribution in [1.29, 1.82) is 0 Å². The Hall–Kier alpha value is -3.08. The third-order valence-electron chi connectivity index (χ3n) is 5.53. The van der Waals surface area contributed by atoms with Crippen molar-refractivity contribution < 1.29 is 22.7 Å². The Kier molecular flexibility index (Phi) is 7.11. The third kappa shape index (κ3) is 5.03. The molecule has 0 saturated carbocycles. The third-order valence-corrected chi connectivity index (χ3v) is 8.32. The summed E-state index contributed by atoms with van der Waals surface area (Å²) >= 11 is 1.26. The van der Waals surface area contributed by atoms with Gasteiger partial charge in [-0.25, -0.2) is 13.4 Å². The van der Waals surface area contributed by atoms with E-state index in [4.69, 9.17) is 4.74 Å². The maximum atomic E-state index is 13.1. The molecule has 4 rings (SSSR count). The molecule has 34 heavy (non-hydrogen) atoms. The van der Waals surface area contributed by atoms with Crippen LogP contribution < -0.4 is 4.90 Å². The van der Waals surface area contributed by atoms with Crippen LogP contribution in [-0.2, 0) is 31.0 Å². The van der Waals surface area contributed by atoms with Gasteiger partial charge >= 0.3 is 5.97 Å². The van der Waals surface area contributed by atoms with Crippen molar-refractivity contribution >= 4 is 44.1 Å². The van der Waals surface area contributed by atoms with Gasteiger partial charge in [-0.1, -0.05) is 35.9 Å². The lowest BCUT2D eigenvalue weighted by Gasteiger charge is -2.22. The molecule has 1 saturated heterocycles. The number of sulfonamides is 1. The van der Waals surface area contributed by atoms with E-state index < -0.39 is 22.0 Å². The number of rotatable bonds is 7. The first kappa shape index (κ1) is 24.1. The summed E-state index contributed by atoms with van der Waals surface area (Å²) in [7, 11) is -3.81. The number of hydrogen-bond acceptors (Lipinski definition) is 7. The van der Waals surface area contributed by atoms with Gasteiger partial charge in [0.2, 0.25) is 15.9 Å². The Morgan fingerprint density at radius 1 is 1.15 bits per heavy atom. The average Bonchev–Trinajstić information content (AvgIpc) is 3.49. The quantitative estimate of drug-likeness (QED) is 0.455. The highest BCUT2D eigenvalue weighted by Crippen LogP contribution is 2.30. The molecular weight excluding hydrogens is 474 g/mol. The maximum absolute atomic E-state index is 13.1. The molecule has 0 aliphatic carbocycles. The van der Waals surface area contributed by atoms with E-state index in [0.29, 0.717) is 29.4 Å². The second-order valence-electron chi connectivity index (χ2n) is 8.01. The normalized spacial score (nSPS) is 16.4. The number of esters is 1. The molecule has 1 fully saturated rings. The van der Waals surface area contributed by atoms with Crippen LogP contribution in [0.5, 0.6) is 0 Å². The van der Waals surface area contributed by atoms with Gasteiger partial charge in [0, 0.05) is 18.8 Å². The molecule has 3 aromatic rings.